The van der Waals surface area contributed by atoms with Gasteiger partial charge in [-0.15, -0.1) is 0 Å². The zero-order valence-corrected chi connectivity index (χ0v) is 20.2. The van der Waals surface area contributed by atoms with Crippen LogP contribution in [0.25, 0.3) is 0 Å². The third-order valence-electron chi connectivity index (χ3n) is 4.71. The molecule has 170 valence electrons. The number of nitrogens with two attached hydrogens (primary N) is 1. The van der Waals surface area contributed by atoms with Crippen LogP contribution in [-0.2, 0) is 0 Å². The van der Waals surface area contributed by atoms with Crippen LogP contribution in [0.5, 0.6) is 17.2 Å². The average molecular weight is 467 g/mol. The first-order chi connectivity index (χ1) is 14.8. The van der Waals surface area contributed by atoms with E-state index >= 15 is 0 Å². The Hall–Kier alpha value is -2.25. The highest BCUT2D eigenvalue weighted by Gasteiger charge is 2.19. The molecule has 0 spiro atoms. The third-order valence-corrected chi connectivity index (χ3v) is 6.24. The summed E-state index contributed by atoms with van der Waals surface area (Å²) in [6, 6.07) is 8.86. The minimum Gasteiger partial charge on any atom is -0.493 e. The average Bonchev–Trinajstić information content (AvgIpc) is 2.75. The van der Waals surface area contributed by atoms with Crippen molar-refractivity contribution in [3.05, 3.63) is 46.5 Å². The maximum atomic E-state index is 12.7. The lowest BCUT2D eigenvalue weighted by Gasteiger charge is -2.21. The number of carbonyl (C=O) groups is 1. The Kier molecular flexibility index (Phi) is 9.65. The van der Waals surface area contributed by atoms with Gasteiger partial charge in [-0.1, -0.05) is 25.4 Å². The Labute approximate surface area is 193 Å². The van der Waals surface area contributed by atoms with E-state index in [1.54, 1.807) is 30.0 Å². The highest BCUT2D eigenvalue weighted by molar-refractivity contribution is 7.99. The summed E-state index contributed by atoms with van der Waals surface area (Å²) in [4.78, 5) is 12.7. The Morgan fingerprint density at radius 3 is 2.29 bits per heavy atom. The zero-order valence-electron chi connectivity index (χ0n) is 18.7. The standard InChI is InChI=1S/C23H31ClN2O4S/c1-14(2)10-21(17-13-16(24)6-7-18(17)25)31-9-8-26-23(27)15-11-19(28-3)22(30-5)20(12-15)29-4/h6-7,11-14,21H,8-10,25H2,1-5H3,(H,26,27). The fraction of sp³-hybridized carbons (Fsp3) is 0.435. The van der Waals surface area contributed by atoms with Gasteiger partial charge in [0.1, 0.15) is 0 Å². The highest BCUT2D eigenvalue weighted by Crippen LogP contribution is 2.39. The summed E-state index contributed by atoms with van der Waals surface area (Å²) < 4.78 is 15.9. The van der Waals surface area contributed by atoms with Crippen LogP contribution < -0.4 is 25.3 Å². The fourth-order valence-electron chi connectivity index (χ4n) is 3.22. The van der Waals surface area contributed by atoms with Gasteiger partial charge in [-0.25, -0.2) is 0 Å². The number of methoxy groups -OCH3 is 3. The first-order valence-electron chi connectivity index (χ1n) is 10.0. The molecule has 1 amide bonds. The molecule has 0 saturated heterocycles. The number of hydrogen-bond donors (Lipinski definition) is 2. The molecule has 3 N–H and O–H groups in total. The second kappa shape index (κ2) is 12.0. The molecule has 1 atom stereocenters. The van der Waals surface area contributed by atoms with Crippen molar-refractivity contribution in [1.29, 1.82) is 0 Å². The van der Waals surface area contributed by atoms with Crippen LogP contribution in [0.3, 0.4) is 0 Å². The summed E-state index contributed by atoms with van der Waals surface area (Å²) in [7, 11) is 4.57. The zero-order chi connectivity index (χ0) is 23.0. The number of nitrogen functional groups attached to an aromatic ring is 1. The number of amides is 1. The molecule has 0 aliphatic heterocycles. The van der Waals surface area contributed by atoms with Gasteiger partial charge in [0, 0.05) is 33.8 Å². The van der Waals surface area contributed by atoms with Gasteiger partial charge in [-0.2, -0.15) is 11.8 Å². The number of thioether (sulfide) groups is 1. The monoisotopic (exact) mass is 466 g/mol. The molecule has 2 aromatic rings. The van der Waals surface area contributed by atoms with Gasteiger partial charge in [-0.05, 0) is 48.2 Å². The fourth-order valence-corrected chi connectivity index (χ4v) is 4.81. The molecule has 6 nitrogen and oxygen atoms in total. The molecule has 0 radical (unpaired) electrons. The number of rotatable bonds is 11. The van der Waals surface area contributed by atoms with E-state index in [0.29, 0.717) is 40.3 Å². The van der Waals surface area contributed by atoms with Crippen molar-refractivity contribution in [3.8, 4) is 17.2 Å². The predicted octanol–water partition coefficient (Wildman–Crippen LogP) is 5.20. The van der Waals surface area contributed by atoms with Crippen LogP contribution in [-0.4, -0.2) is 39.5 Å². The lowest BCUT2D eigenvalue weighted by atomic mass is 10.0. The summed E-state index contributed by atoms with van der Waals surface area (Å²) in [5.41, 5.74) is 8.42. The number of ether oxygens (including phenoxy) is 3. The van der Waals surface area contributed by atoms with Crippen LogP contribution in [0.4, 0.5) is 5.69 Å². The maximum Gasteiger partial charge on any atom is 0.251 e. The van der Waals surface area contributed by atoms with E-state index in [0.717, 1.165) is 23.4 Å². The molecule has 0 bridgehead atoms. The van der Waals surface area contributed by atoms with Crippen molar-refractivity contribution in [2.75, 3.05) is 39.4 Å². The number of hydrogen-bond acceptors (Lipinski definition) is 6. The molecule has 0 aliphatic rings. The second-order valence-corrected chi connectivity index (χ2v) is 9.18. The molecule has 2 aromatic carbocycles. The molecule has 0 aliphatic carbocycles. The number of nitrogens with one attached hydrogen (secondary N) is 1. The lowest BCUT2D eigenvalue weighted by molar-refractivity contribution is 0.0955. The number of halogens is 1. The minimum absolute atomic E-state index is 0.205. The highest BCUT2D eigenvalue weighted by atomic mass is 35.5. The summed E-state index contributed by atoms with van der Waals surface area (Å²) in [6.45, 7) is 4.87. The van der Waals surface area contributed by atoms with E-state index in [4.69, 9.17) is 31.5 Å². The molecule has 2 rings (SSSR count). The molecule has 0 fully saturated rings. The van der Waals surface area contributed by atoms with E-state index in [9.17, 15) is 4.79 Å². The van der Waals surface area contributed by atoms with E-state index in [-0.39, 0.29) is 11.2 Å². The van der Waals surface area contributed by atoms with Gasteiger partial charge >= 0.3 is 0 Å². The number of benzene rings is 2. The van der Waals surface area contributed by atoms with Gasteiger partial charge in [0.2, 0.25) is 5.75 Å². The van der Waals surface area contributed by atoms with Crippen LogP contribution in [0.15, 0.2) is 30.3 Å². The first-order valence-corrected chi connectivity index (χ1v) is 11.5. The van der Waals surface area contributed by atoms with Gasteiger partial charge in [0.15, 0.2) is 11.5 Å². The van der Waals surface area contributed by atoms with Crippen LogP contribution >= 0.6 is 23.4 Å². The van der Waals surface area contributed by atoms with Crippen LogP contribution in [0, 0.1) is 5.92 Å². The SMILES string of the molecule is COc1cc(C(=O)NCCSC(CC(C)C)c2cc(Cl)ccc2N)cc(OC)c1OC. The van der Waals surface area contributed by atoms with Gasteiger partial charge < -0.3 is 25.3 Å². The Morgan fingerprint density at radius 1 is 1.10 bits per heavy atom. The van der Waals surface area contributed by atoms with Crippen LogP contribution in [0.1, 0.15) is 41.4 Å². The Bertz CT molecular complexity index is 867. The Morgan fingerprint density at radius 2 is 1.74 bits per heavy atom. The van der Waals surface area contributed by atoms with Gasteiger partial charge in [-0.3, -0.25) is 4.79 Å². The maximum absolute atomic E-state index is 12.7. The largest absolute Gasteiger partial charge is 0.493 e. The van der Waals surface area contributed by atoms with Crippen molar-refractivity contribution in [1.82, 2.24) is 5.32 Å². The number of anilines is 1. The molecule has 1 unspecified atom stereocenters. The quantitative estimate of drug-likeness (QED) is 0.350. The van der Waals surface area contributed by atoms with Gasteiger partial charge in [0.05, 0.1) is 21.3 Å². The smallest absolute Gasteiger partial charge is 0.251 e. The topological polar surface area (TPSA) is 82.8 Å². The third kappa shape index (κ3) is 6.87. The minimum atomic E-state index is -0.206. The molecule has 0 aromatic heterocycles. The van der Waals surface area contributed by atoms with Crippen molar-refractivity contribution < 1.29 is 19.0 Å². The van der Waals surface area contributed by atoms with E-state index < -0.39 is 0 Å². The van der Waals surface area contributed by atoms with E-state index in [1.807, 2.05) is 12.1 Å². The molecular formula is C23H31ClN2O4S. The first kappa shape index (κ1) is 25.0. The second-order valence-electron chi connectivity index (χ2n) is 7.43. The summed E-state index contributed by atoms with van der Waals surface area (Å²) in [6.07, 6.45) is 0.968. The summed E-state index contributed by atoms with van der Waals surface area (Å²) in [5, 5.41) is 3.84. The van der Waals surface area contributed by atoms with Crippen molar-refractivity contribution in [2.24, 2.45) is 5.92 Å². The normalized spacial score (nSPS) is 11.8. The molecule has 0 saturated carbocycles. The lowest BCUT2D eigenvalue weighted by Crippen LogP contribution is -2.26. The predicted molar refractivity (Wildman–Crippen MR) is 129 cm³/mol. The van der Waals surface area contributed by atoms with Gasteiger partial charge in [0.25, 0.3) is 5.91 Å². The van der Waals surface area contributed by atoms with E-state index in [2.05, 4.69) is 19.2 Å². The van der Waals surface area contributed by atoms with Crippen molar-refractivity contribution in [3.63, 3.8) is 0 Å². The summed E-state index contributed by atoms with van der Waals surface area (Å²) in [5.74, 6) is 2.36. The van der Waals surface area contributed by atoms with Crippen molar-refractivity contribution >= 4 is 35.0 Å². The van der Waals surface area contributed by atoms with Crippen molar-refractivity contribution in [2.45, 2.75) is 25.5 Å². The van der Waals surface area contributed by atoms with Crippen LogP contribution in [0.2, 0.25) is 5.02 Å². The summed E-state index contributed by atoms with van der Waals surface area (Å²) >= 11 is 7.95. The molecule has 0 heterocycles. The number of carbonyl (C=O) groups excluding carboxylic acids is 1. The Balaban J connectivity index is 2.03. The molecule has 31 heavy (non-hydrogen) atoms. The molecular weight excluding hydrogens is 436 g/mol. The molecule has 8 heteroatoms. The van der Waals surface area contributed by atoms with E-state index in [1.165, 1.54) is 21.3 Å².